The van der Waals surface area contributed by atoms with E-state index in [0.29, 0.717) is 10.7 Å². The Labute approximate surface area is 171 Å². The summed E-state index contributed by atoms with van der Waals surface area (Å²) in [5.74, 6) is -0.549. The highest BCUT2D eigenvalue weighted by Gasteiger charge is 2.27. The Morgan fingerprint density at radius 1 is 1.04 bits per heavy atom. The van der Waals surface area contributed by atoms with E-state index in [1.165, 1.54) is 26.2 Å². The lowest BCUT2D eigenvalue weighted by Gasteiger charge is -2.18. The van der Waals surface area contributed by atoms with E-state index >= 15 is 0 Å². The number of hydrogen-bond acceptors (Lipinski definition) is 4. The third-order valence-electron chi connectivity index (χ3n) is 3.27. The van der Waals surface area contributed by atoms with Gasteiger partial charge >= 0.3 is 0 Å². The Morgan fingerprint density at radius 3 is 2.27 bits per heavy atom. The maximum Gasteiger partial charge on any atom is 0.247 e. The van der Waals surface area contributed by atoms with E-state index < -0.39 is 20.7 Å². The van der Waals surface area contributed by atoms with E-state index in [1.807, 2.05) is 0 Å². The fourth-order valence-electron chi connectivity index (χ4n) is 1.95. The molecule has 0 radical (unpaired) electrons. The summed E-state index contributed by atoms with van der Waals surface area (Å²) in [7, 11) is -1.29. The van der Waals surface area contributed by atoms with Crippen LogP contribution in [0.5, 0.6) is 5.75 Å². The predicted octanol–water partition coefficient (Wildman–Crippen LogP) is 4.41. The molecule has 0 aliphatic heterocycles. The molecule has 140 valence electrons. The summed E-state index contributed by atoms with van der Waals surface area (Å²) in [4.78, 5) is -0.419. The highest BCUT2D eigenvalue weighted by atomic mass is 35.5. The zero-order valence-electron chi connectivity index (χ0n) is 13.5. The van der Waals surface area contributed by atoms with Crippen molar-refractivity contribution in [3.05, 3.63) is 45.4 Å². The molecule has 2 aromatic rings. The van der Waals surface area contributed by atoms with Crippen LogP contribution >= 0.6 is 47.0 Å². The molecule has 0 aliphatic carbocycles. The second-order valence-corrected chi connectivity index (χ2v) is 8.93. The van der Waals surface area contributed by atoms with Crippen LogP contribution in [0.1, 0.15) is 0 Å². The highest BCUT2D eigenvalue weighted by Crippen LogP contribution is 2.38. The molecule has 0 amide bonds. The molecule has 0 spiro atoms. The van der Waals surface area contributed by atoms with Crippen LogP contribution in [-0.4, -0.2) is 37.0 Å². The van der Waals surface area contributed by atoms with Crippen molar-refractivity contribution in [1.29, 1.82) is 0 Å². The zero-order valence-corrected chi connectivity index (χ0v) is 17.4. The minimum Gasteiger partial charge on any atom is -0.504 e. The number of halogens is 3. The number of phenolic OH excluding ortho intramolecular Hbond substituents is 1. The van der Waals surface area contributed by atoms with Gasteiger partial charge < -0.3 is 15.7 Å². The Bertz CT molecular complexity index is 966. The van der Waals surface area contributed by atoms with Crippen LogP contribution in [0.25, 0.3) is 0 Å². The van der Waals surface area contributed by atoms with Crippen LogP contribution in [0.15, 0.2) is 35.2 Å². The normalized spacial score (nSPS) is 11.5. The van der Waals surface area contributed by atoms with Gasteiger partial charge in [-0.25, -0.2) is 12.7 Å². The number of anilines is 2. The lowest BCUT2D eigenvalue weighted by molar-refractivity contribution is 0.455. The largest absolute Gasteiger partial charge is 0.504 e. The van der Waals surface area contributed by atoms with Crippen LogP contribution in [0.4, 0.5) is 11.4 Å². The summed E-state index contributed by atoms with van der Waals surface area (Å²) in [6.45, 7) is 0. The standard InChI is InChI=1S/C15H14Cl3N3O3S2/c1-21(2)26(23,24)14-9(17)6-7-11(13(14)22)20-15(25)19-10-5-3-4-8(16)12(10)18/h3-7,22H,1-2H3,(H2,19,20,25). The smallest absolute Gasteiger partial charge is 0.247 e. The second-order valence-electron chi connectivity index (χ2n) is 5.24. The molecule has 0 atom stereocenters. The van der Waals surface area contributed by atoms with Gasteiger partial charge in [-0.1, -0.05) is 40.9 Å². The Hall–Kier alpha value is -1.29. The third kappa shape index (κ3) is 4.33. The molecule has 26 heavy (non-hydrogen) atoms. The predicted molar refractivity (Wildman–Crippen MR) is 110 cm³/mol. The first kappa shape index (κ1) is 21.0. The Morgan fingerprint density at radius 2 is 1.65 bits per heavy atom. The number of rotatable bonds is 4. The quantitative estimate of drug-likeness (QED) is 0.469. The molecule has 0 fully saturated rings. The molecule has 0 bridgehead atoms. The van der Waals surface area contributed by atoms with Crippen molar-refractivity contribution >= 4 is 73.5 Å². The molecule has 3 N–H and O–H groups in total. The lowest BCUT2D eigenvalue weighted by atomic mass is 10.3. The summed E-state index contributed by atoms with van der Waals surface area (Å²) in [6.07, 6.45) is 0. The first-order chi connectivity index (χ1) is 12.1. The summed E-state index contributed by atoms with van der Waals surface area (Å²) in [6, 6.07) is 7.70. The molecule has 0 saturated carbocycles. The minimum atomic E-state index is -3.96. The molecule has 0 heterocycles. The van der Waals surface area contributed by atoms with Crippen molar-refractivity contribution in [2.24, 2.45) is 0 Å². The van der Waals surface area contributed by atoms with Gasteiger partial charge in [0, 0.05) is 14.1 Å². The molecular formula is C15H14Cl3N3O3S2. The van der Waals surface area contributed by atoms with E-state index in [9.17, 15) is 13.5 Å². The zero-order chi connectivity index (χ0) is 19.6. The maximum absolute atomic E-state index is 12.4. The van der Waals surface area contributed by atoms with E-state index in [2.05, 4.69) is 10.6 Å². The summed E-state index contributed by atoms with van der Waals surface area (Å²) >= 11 is 23.2. The third-order valence-corrected chi connectivity index (χ3v) is 6.61. The van der Waals surface area contributed by atoms with Crippen LogP contribution < -0.4 is 10.6 Å². The molecule has 11 heteroatoms. The van der Waals surface area contributed by atoms with Gasteiger partial charge in [-0.15, -0.1) is 0 Å². The SMILES string of the molecule is CN(C)S(=O)(=O)c1c(Cl)ccc(NC(=S)Nc2cccc(Cl)c2Cl)c1O. The van der Waals surface area contributed by atoms with E-state index in [-0.39, 0.29) is 20.8 Å². The summed E-state index contributed by atoms with van der Waals surface area (Å²) in [5.41, 5.74) is 0.511. The van der Waals surface area contributed by atoms with Gasteiger partial charge in [-0.3, -0.25) is 0 Å². The van der Waals surface area contributed by atoms with Gasteiger partial charge in [0.2, 0.25) is 10.0 Å². The number of nitrogens with one attached hydrogen (secondary N) is 2. The average Bonchev–Trinajstić information content (AvgIpc) is 2.54. The van der Waals surface area contributed by atoms with Gasteiger partial charge in [0.25, 0.3) is 0 Å². The van der Waals surface area contributed by atoms with Crippen molar-refractivity contribution in [3.63, 3.8) is 0 Å². The monoisotopic (exact) mass is 453 g/mol. The number of aromatic hydroxyl groups is 1. The topological polar surface area (TPSA) is 81.7 Å². The summed E-state index contributed by atoms with van der Waals surface area (Å²) < 4.78 is 25.7. The van der Waals surface area contributed by atoms with Crippen molar-refractivity contribution in [3.8, 4) is 5.75 Å². The number of phenols is 1. The molecule has 0 aromatic heterocycles. The van der Waals surface area contributed by atoms with Gasteiger partial charge in [-0.2, -0.15) is 0 Å². The van der Waals surface area contributed by atoms with Crippen molar-refractivity contribution in [1.82, 2.24) is 4.31 Å². The Kier molecular flexibility index (Phi) is 6.60. The Balaban J connectivity index is 2.33. The maximum atomic E-state index is 12.4. The molecule has 0 aliphatic rings. The first-order valence-corrected chi connectivity index (χ1v) is 10.00. The van der Waals surface area contributed by atoms with E-state index in [0.717, 1.165) is 4.31 Å². The molecule has 0 saturated heterocycles. The van der Waals surface area contributed by atoms with Gasteiger partial charge in [0.05, 0.1) is 26.4 Å². The number of sulfonamides is 1. The van der Waals surface area contributed by atoms with Crippen LogP contribution in [0, 0.1) is 0 Å². The fraction of sp³-hybridized carbons (Fsp3) is 0.133. The number of benzene rings is 2. The molecule has 6 nitrogen and oxygen atoms in total. The number of nitrogens with zero attached hydrogens (tertiary/aromatic N) is 1. The molecule has 2 aromatic carbocycles. The van der Waals surface area contributed by atoms with Crippen LogP contribution in [0.3, 0.4) is 0 Å². The highest BCUT2D eigenvalue weighted by molar-refractivity contribution is 7.89. The molecule has 0 unspecified atom stereocenters. The second kappa shape index (κ2) is 8.16. The first-order valence-electron chi connectivity index (χ1n) is 7.01. The van der Waals surface area contributed by atoms with Crippen LogP contribution in [0.2, 0.25) is 15.1 Å². The van der Waals surface area contributed by atoms with Gasteiger partial charge in [0.1, 0.15) is 4.90 Å². The average molecular weight is 455 g/mol. The van der Waals surface area contributed by atoms with Crippen molar-refractivity contribution < 1.29 is 13.5 Å². The lowest BCUT2D eigenvalue weighted by Crippen LogP contribution is -2.23. The number of thiocarbonyl (C=S) groups is 1. The van der Waals surface area contributed by atoms with Crippen LogP contribution in [-0.2, 0) is 10.0 Å². The van der Waals surface area contributed by atoms with Crippen molar-refractivity contribution in [2.75, 3.05) is 24.7 Å². The van der Waals surface area contributed by atoms with Gasteiger partial charge in [-0.05, 0) is 36.5 Å². The van der Waals surface area contributed by atoms with Crippen molar-refractivity contribution in [2.45, 2.75) is 4.90 Å². The van der Waals surface area contributed by atoms with Gasteiger partial charge in [0.15, 0.2) is 10.9 Å². The summed E-state index contributed by atoms with van der Waals surface area (Å²) in [5, 5.41) is 16.5. The molecular weight excluding hydrogens is 441 g/mol. The fourth-order valence-corrected chi connectivity index (χ4v) is 4.00. The molecule has 2 rings (SSSR count). The van der Waals surface area contributed by atoms with E-state index in [1.54, 1.807) is 18.2 Å². The minimum absolute atomic E-state index is 0.0606. The number of hydrogen-bond donors (Lipinski definition) is 3. The van der Waals surface area contributed by atoms with E-state index in [4.69, 9.17) is 47.0 Å².